The molecule has 2 aliphatic carbocycles. The van der Waals surface area contributed by atoms with Crippen LogP contribution in [0.4, 0.5) is 0 Å². The normalized spacial score (nSPS) is 31.5. The van der Waals surface area contributed by atoms with E-state index >= 15 is 0 Å². The Morgan fingerprint density at radius 2 is 1.64 bits per heavy atom. The van der Waals surface area contributed by atoms with Crippen LogP contribution in [-0.2, 0) is 17.9 Å². The number of hydrogen-bond acceptors (Lipinski definition) is 4. The number of carbonyl (C=O) groups excluding carboxylic acids is 1. The van der Waals surface area contributed by atoms with Gasteiger partial charge in [-0.15, -0.1) is 0 Å². The van der Waals surface area contributed by atoms with Gasteiger partial charge in [0.25, 0.3) is 0 Å². The lowest BCUT2D eigenvalue weighted by Gasteiger charge is -2.43. The molecule has 0 aromatic heterocycles. The fourth-order valence-corrected chi connectivity index (χ4v) is 5.43. The van der Waals surface area contributed by atoms with Gasteiger partial charge in [0, 0.05) is 38.1 Å². The van der Waals surface area contributed by atoms with Crippen molar-refractivity contribution in [1.29, 1.82) is 0 Å². The van der Waals surface area contributed by atoms with Crippen LogP contribution < -0.4 is 11.1 Å². The van der Waals surface area contributed by atoms with Gasteiger partial charge in [-0.2, -0.15) is 0 Å². The van der Waals surface area contributed by atoms with Crippen LogP contribution in [0.3, 0.4) is 0 Å². The van der Waals surface area contributed by atoms with Gasteiger partial charge < -0.3 is 16.2 Å². The van der Waals surface area contributed by atoms with Gasteiger partial charge in [0.2, 0.25) is 5.91 Å². The summed E-state index contributed by atoms with van der Waals surface area (Å²) in [6.45, 7) is 3.47. The number of rotatable bonds is 5. The molecule has 4 N–H and O–H groups in total. The van der Waals surface area contributed by atoms with E-state index in [9.17, 15) is 9.90 Å². The zero-order chi connectivity index (χ0) is 19.5. The molecule has 154 valence electrons. The van der Waals surface area contributed by atoms with Crippen LogP contribution in [-0.4, -0.2) is 41.1 Å². The Morgan fingerprint density at radius 3 is 2.29 bits per heavy atom. The standard InChI is InChI=1S/C23H35N3O2/c24-22-18-2-1-3-19(22)13-20(12-18)23(28)25-14-16-4-6-17(7-5-16)15-26-10-8-21(27)9-11-26/h4-7,18-22,27H,1-3,8-15,24H2,(H,25,28). The van der Waals surface area contributed by atoms with Gasteiger partial charge >= 0.3 is 0 Å². The van der Waals surface area contributed by atoms with Crippen molar-refractivity contribution in [3.05, 3.63) is 35.4 Å². The molecule has 1 saturated heterocycles. The van der Waals surface area contributed by atoms with E-state index in [1.165, 1.54) is 24.8 Å². The summed E-state index contributed by atoms with van der Waals surface area (Å²) >= 11 is 0. The number of nitrogens with zero attached hydrogens (tertiary/aromatic N) is 1. The zero-order valence-corrected chi connectivity index (χ0v) is 16.9. The monoisotopic (exact) mass is 385 g/mol. The highest BCUT2D eigenvalue weighted by molar-refractivity contribution is 5.78. The first kappa shape index (κ1) is 19.9. The first-order valence-corrected chi connectivity index (χ1v) is 11.1. The number of fused-ring (bicyclic) bond motifs is 2. The third-order valence-electron chi connectivity index (χ3n) is 7.24. The molecule has 2 bridgehead atoms. The average molecular weight is 386 g/mol. The second-order valence-electron chi connectivity index (χ2n) is 9.24. The molecule has 1 aromatic carbocycles. The van der Waals surface area contributed by atoms with Crippen molar-refractivity contribution in [2.45, 2.75) is 70.2 Å². The molecule has 1 aliphatic heterocycles. The maximum Gasteiger partial charge on any atom is 0.223 e. The number of piperidine rings is 1. The largest absolute Gasteiger partial charge is 0.393 e. The van der Waals surface area contributed by atoms with Crippen molar-refractivity contribution in [2.75, 3.05) is 13.1 Å². The molecule has 1 amide bonds. The number of nitrogens with two attached hydrogens (primary N) is 1. The van der Waals surface area contributed by atoms with Crippen molar-refractivity contribution in [3.8, 4) is 0 Å². The van der Waals surface area contributed by atoms with E-state index in [1.54, 1.807) is 0 Å². The smallest absolute Gasteiger partial charge is 0.223 e. The highest BCUT2D eigenvalue weighted by Crippen LogP contribution is 2.41. The van der Waals surface area contributed by atoms with E-state index in [0.29, 0.717) is 24.4 Å². The van der Waals surface area contributed by atoms with Crippen molar-refractivity contribution >= 4 is 5.91 Å². The zero-order valence-electron chi connectivity index (χ0n) is 16.9. The van der Waals surface area contributed by atoms with E-state index < -0.39 is 0 Å². The van der Waals surface area contributed by atoms with Gasteiger partial charge in [0.1, 0.15) is 0 Å². The van der Waals surface area contributed by atoms with Gasteiger partial charge in [-0.3, -0.25) is 9.69 Å². The summed E-state index contributed by atoms with van der Waals surface area (Å²) in [6, 6.07) is 8.89. The van der Waals surface area contributed by atoms with Crippen LogP contribution in [0.5, 0.6) is 0 Å². The predicted octanol–water partition coefficient (Wildman–Crippen LogP) is 2.41. The van der Waals surface area contributed by atoms with Crippen LogP contribution in [0.2, 0.25) is 0 Å². The summed E-state index contributed by atoms with van der Waals surface area (Å²) < 4.78 is 0. The molecule has 3 aliphatic rings. The van der Waals surface area contributed by atoms with Crippen molar-refractivity contribution in [3.63, 3.8) is 0 Å². The fourth-order valence-electron chi connectivity index (χ4n) is 5.43. The van der Waals surface area contributed by atoms with Crippen LogP contribution in [0, 0.1) is 17.8 Å². The quantitative estimate of drug-likeness (QED) is 0.727. The number of likely N-dealkylation sites (tertiary alicyclic amines) is 1. The summed E-state index contributed by atoms with van der Waals surface area (Å²) in [5.41, 5.74) is 8.80. The second kappa shape index (κ2) is 8.93. The summed E-state index contributed by atoms with van der Waals surface area (Å²) in [4.78, 5) is 15.1. The lowest BCUT2D eigenvalue weighted by atomic mass is 9.65. The lowest BCUT2D eigenvalue weighted by Crippen LogP contribution is -2.49. The molecule has 2 atom stereocenters. The number of nitrogens with one attached hydrogen (secondary N) is 1. The van der Waals surface area contributed by atoms with Gasteiger partial charge in [0.05, 0.1) is 6.10 Å². The molecular formula is C23H35N3O2. The number of carbonyl (C=O) groups is 1. The molecule has 2 saturated carbocycles. The Kier molecular flexibility index (Phi) is 6.34. The van der Waals surface area contributed by atoms with E-state index in [-0.39, 0.29) is 17.9 Å². The topological polar surface area (TPSA) is 78.6 Å². The van der Waals surface area contributed by atoms with Crippen LogP contribution in [0.25, 0.3) is 0 Å². The molecule has 2 unspecified atom stereocenters. The number of aliphatic hydroxyl groups excluding tert-OH is 1. The average Bonchev–Trinajstić information content (AvgIpc) is 2.69. The highest BCUT2D eigenvalue weighted by atomic mass is 16.3. The van der Waals surface area contributed by atoms with Gasteiger partial charge in [-0.1, -0.05) is 30.7 Å². The van der Waals surface area contributed by atoms with Crippen LogP contribution in [0.1, 0.15) is 56.1 Å². The van der Waals surface area contributed by atoms with Gasteiger partial charge in [-0.25, -0.2) is 0 Å². The van der Waals surface area contributed by atoms with E-state index in [1.807, 2.05) is 0 Å². The Morgan fingerprint density at radius 1 is 1.04 bits per heavy atom. The van der Waals surface area contributed by atoms with Gasteiger partial charge in [-0.05, 0) is 61.5 Å². The van der Waals surface area contributed by atoms with Crippen molar-refractivity contribution < 1.29 is 9.90 Å². The minimum Gasteiger partial charge on any atom is -0.393 e. The molecule has 5 heteroatoms. The van der Waals surface area contributed by atoms with Crippen molar-refractivity contribution in [2.24, 2.45) is 23.5 Å². The minimum atomic E-state index is -0.123. The number of aliphatic hydroxyl groups is 1. The van der Waals surface area contributed by atoms with Gasteiger partial charge in [0.15, 0.2) is 0 Å². The maximum atomic E-state index is 12.7. The molecular weight excluding hydrogens is 350 g/mol. The van der Waals surface area contributed by atoms with E-state index in [2.05, 4.69) is 34.5 Å². The third kappa shape index (κ3) is 4.76. The maximum absolute atomic E-state index is 12.7. The predicted molar refractivity (Wildman–Crippen MR) is 110 cm³/mol. The molecule has 5 nitrogen and oxygen atoms in total. The number of amides is 1. The third-order valence-corrected chi connectivity index (χ3v) is 7.24. The Balaban J connectivity index is 1.24. The molecule has 1 aromatic rings. The van der Waals surface area contributed by atoms with Crippen LogP contribution in [0.15, 0.2) is 24.3 Å². The Bertz CT molecular complexity index is 640. The summed E-state index contributed by atoms with van der Waals surface area (Å²) in [5, 5.41) is 12.8. The highest BCUT2D eigenvalue weighted by Gasteiger charge is 2.40. The first-order chi connectivity index (χ1) is 13.6. The summed E-state index contributed by atoms with van der Waals surface area (Å²) in [6.07, 6.45) is 7.22. The second-order valence-corrected chi connectivity index (χ2v) is 9.24. The molecule has 0 radical (unpaired) electrons. The summed E-state index contributed by atoms with van der Waals surface area (Å²) in [5.74, 6) is 1.43. The van der Waals surface area contributed by atoms with E-state index in [0.717, 1.165) is 50.9 Å². The molecule has 1 heterocycles. The molecule has 28 heavy (non-hydrogen) atoms. The fraction of sp³-hybridized carbons (Fsp3) is 0.696. The Labute approximate surface area is 168 Å². The number of benzene rings is 1. The minimum absolute atomic E-state index is 0.123. The molecule has 3 fully saturated rings. The Hall–Kier alpha value is -1.43. The lowest BCUT2D eigenvalue weighted by molar-refractivity contribution is -0.128. The van der Waals surface area contributed by atoms with Crippen molar-refractivity contribution in [1.82, 2.24) is 10.2 Å². The van der Waals surface area contributed by atoms with Crippen LogP contribution >= 0.6 is 0 Å². The number of hydrogen-bond donors (Lipinski definition) is 3. The van der Waals surface area contributed by atoms with E-state index in [4.69, 9.17) is 5.73 Å². The first-order valence-electron chi connectivity index (χ1n) is 11.1. The summed E-state index contributed by atoms with van der Waals surface area (Å²) in [7, 11) is 0. The SMILES string of the molecule is NC1C2CCCC1CC(C(=O)NCc1ccc(CN3CCC(O)CC3)cc1)C2. The molecule has 0 spiro atoms. The molecule has 4 rings (SSSR count).